The molecular weight excluding hydrogens is 462 g/mol. The largest absolute Gasteiger partial charge is 0.493 e. The van der Waals surface area contributed by atoms with Crippen molar-refractivity contribution in [3.8, 4) is 28.6 Å². The van der Waals surface area contributed by atoms with Gasteiger partial charge in [0.2, 0.25) is 11.7 Å². The number of likely N-dealkylation sites (tertiary alicyclic amines) is 1. The number of amides is 1. The highest BCUT2D eigenvalue weighted by molar-refractivity contribution is 5.93. The number of ether oxygens (including phenoxy) is 3. The maximum atomic E-state index is 12.9. The SMILES string of the molecule is COc1cc(Nc2nccc(-c3cc(C(=O)N[C@@H](C)CN4CCCC4)n(C)n3)n2)cc(OC)c1OC. The van der Waals surface area contributed by atoms with Crippen LogP contribution in [0.1, 0.15) is 30.3 Å². The Morgan fingerprint density at radius 3 is 2.39 bits per heavy atom. The molecule has 0 radical (unpaired) electrons. The number of benzene rings is 1. The molecule has 4 rings (SSSR count). The summed E-state index contributed by atoms with van der Waals surface area (Å²) in [7, 11) is 6.41. The summed E-state index contributed by atoms with van der Waals surface area (Å²) in [6.45, 7) is 5.06. The Balaban J connectivity index is 1.49. The third-order valence-electron chi connectivity index (χ3n) is 6.06. The normalized spacial score (nSPS) is 14.4. The van der Waals surface area contributed by atoms with Crippen molar-refractivity contribution in [3.63, 3.8) is 0 Å². The summed E-state index contributed by atoms with van der Waals surface area (Å²) >= 11 is 0. The van der Waals surface area contributed by atoms with Gasteiger partial charge in [0.1, 0.15) is 11.4 Å². The van der Waals surface area contributed by atoms with Crippen LogP contribution in [0.4, 0.5) is 11.6 Å². The lowest BCUT2D eigenvalue weighted by Gasteiger charge is -2.21. The van der Waals surface area contributed by atoms with E-state index in [9.17, 15) is 4.79 Å². The van der Waals surface area contributed by atoms with Crippen molar-refractivity contribution in [2.45, 2.75) is 25.8 Å². The van der Waals surface area contributed by atoms with Crippen molar-refractivity contribution in [1.82, 2.24) is 30.0 Å². The van der Waals surface area contributed by atoms with Crippen molar-refractivity contribution in [1.29, 1.82) is 0 Å². The van der Waals surface area contributed by atoms with Gasteiger partial charge in [0, 0.05) is 43.7 Å². The summed E-state index contributed by atoms with van der Waals surface area (Å²) in [5.41, 5.74) is 2.29. The molecule has 192 valence electrons. The minimum Gasteiger partial charge on any atom is -0.493 e. The molecule has 0 unspecified atom stereocenters. The second-order valence-electron chi connectivity index (χ2n) is 8.73. The number of aryl methyl sites for hydroxylation is 1. The molecule has 1 amide bonds. The maximum Gasteiger partial charge on any atom is 0.269 e. The monoisotopic (exact) mass is 495 g/mol. The van der Waals surface area contributed by atoms with Crippen LogP contribution in [0.15, 0.2) is 30.5 Å². The first kappa shape index (κ1) is 25.2. The van der Waals surface area contributed by atoms with Gasteiger partial charge in [-0.05, 0) is 45.0 Å². The summed E-state index contributed by atoms with van der Waals surface area (Å²) in [5, 5.41) is 10.8. The van der Waals surface area contributed by atoms with E-state index in [0.29, 0.717) is 46.0 Å². The number of carbonyl (C=O) groups is 1. The molecule has 3 aromatic rings. The lowest BCUT2D eigenvalue weighted by atomic mass is 10.2. The first-order chi connectivity index (χ1) is 17.4. The number of hydrogen-bond acceptors (Lipinski definition) is 9. The predicted molar refractivity (Wildman–Crippen MR) is 136 cm³/mol. The van der Waals surface area contributed by atoms with Gasteiger partial charge >= 0.3 is 0 Å². The molecule has 1 saturated heterocycles. The third kappa shape index (κ3) is 5.68. The zero-order valence-corrected chi connectivity index (χ0v) is 21.4. The van der Waals surface area contributed by atoms with Crippen LogP contribution in [-0.2, 0) is 7.05 Å². The minimum absolute atomic E-state index is 0.0438. The molecule has 0 aliphatic carbocycles. The molecule has 1 aliphatic rings. The number of aromatic nitrogens is 4. The van der Waals surface area contributed by atoms with Gasteiger partial charge in [-0.3, -0.25) is 9.48 Å². The highest BCUT2D eigenvalue weighted by Crippen LogP contribution is 2.40. The summed E-state index contributed by atoms with van der Waals surface area (Å²) in [5.74, 6) is 1.71. The zero-order chi connectivity index (χ0) is 25.7. The van der Waals surface area contributed by atoms with Gasteiger partial charge in [0.15, 0.2) is 11.5 Å². The molecule has 1 fully saturated rings. The third-order valence-corrected chi connectivity index (χ3v) is 6.06. The lowest BCUT2D eigenvalue weighted by molar-refractivity contribution is 0.0922. The van der Waals surface area contributed by atoms with Gasteiger partial charge in [-0.15, -0.1) is 0 Å². The van der Waals surface area contributed by atoms with E-state index >= 15 is 0 Å². The number of carbonyl (C=O) groups excluding carboxylic acids is 1. The molecule has 0 saturated carbocycles. The van der Waals surface area contributed by atoms with Crippen molar-refractivity contribution >= 4 is 17.5 Å². The van der Waals surface area contributed by atoms with Gasteiger partial charge in [-0.2, -0.15) is 5.10 Å². The summed E-state index contributed by atoms with van der Waals surface area (Å²) in [6.07, 6.45) is 4.08. The Hall–Kier alpha value is -3.86. The number of rotatable bonds is 10. The van der Waals surface area contributed by atoms with Crippen LogP contribution >= 0.6 is 0 Å². The highest BCUT2D eigenvalue weighted by atomic mass is 16.5. The smallest absolute Gasteiger partial charge is 0.269 e. The fourth-order valence-electron chi connectivity index (χ4n) is 4.34. The van der Waals surface area contributed by atoms with E-state index in [0.717, 1.165) is 19.6 Å². The molecule has 1 aliphatic heterocycles. The van der Waals surface area contributed by atoms with E-state index in [1.165, 1.54) is 12.8 Å². The molecule has 0 spiro atoms. The molecule has 2 aromatic heterocycles. The average molecular weight is 496 g/mol. The molecule has 2 N–H and O–H groups in total. The fourth-order valence-corrected chi connectivity index (χ4v) is 4.34. The van der Waals surface area contributed by atoms with E-state index in [-0.39, 0.29) is 11.9 Å². The summed E-state index contributed by atoms with van der Waals surface area (Å²) < 4.78 is 17.8. The Morgan fingerprint density at radius 1 is 1.06 bits per heavy atom. The molecule has 0 bridgehead atoms. The van der Waals surface area contributed by atoms with E-state index in [2.05, 4.69) is 30.6 Å². The molecular formula is C25H33N7O4. The van der Waals surface area contributed by atoms with Gasteiger partial charge in [-0.1, -0.05) is 0 Å². The standard InChI is InChI=1S/C25H33N7O4/c1-16(15-32-10-6-7-11-32)27-24(33)20-14-19(30-31(20)2)18-8-9-26-25(29-18)28-17-12-21(34-3)23(36-5)22(13-17)35-4/h8-9,12-14,16H,6-7,10-11,15H2,1-5H3,(H,27,33)(H,26,28,29)/t16-/m0/s1. The van der Waals surface area contributed by atoms with Crippen LogP contribution in [-0.4, -0.2) is 77.6 Å². The van der Waals surface area contributed by atoms with Gasteiger partial charge in [0.25, 0.3) is 5.91 Å². The molecule has 1 aromatic carbocycles. The Morgan fingerprint density at radius 2 is 1.75 bits per heavy atom. The minimum atomic E-state index is -0.159. The van der Waals surface area contributed by atoms with Crippen molar-refractivity contribution in [3.05, 3.63) is 36.2 Å². The topological polar surface area (TPSA) is 116 Å². The first-order valence-electron chi connectivity index (χ1n) is 11.9. The van der Waals surface area contributed by atoms with Crippen LogP contribution in [0.2, 0.25) is 0 Å². The number of nitrogens with zero attached hydrogens (tertiary/aromatic N) is 5. The summed E-state index contributed by atoms with van der Waals surface area (Å²) in [6, 6.07) is 7.07. The van der Waals surface area contributed by atoms with E-state index in [1.54, 1.807) is 63.5 Å². The number of anilines is 2. The second-order valence-corrected chi connectivity index (χ2v) is 8.73. The Kier molecular flexibility index (Phi) is 7.89. The second kappa shape index (κ2) is 11.3. The van der Waals surface area contributed by atoms with Crippen LogP contribution in [0.25, 0.3) is 11.4 Å². The highest BCUT2D eigenvalue weighted by Gasteiger charge is 2.20. The fraction of sp³-hybridized carbons (Fsp3) is 0.440. The quantitative estimate of drug-likeness (QED) is 0.438. The van der Waals surface area contributed by atoms with Gasteiger partial charge in [-0.25, -0.2) is 9.97 Å². The molecule has 11 nitrogen and oxygen atoms in total. The number of nitrogens with one attached hydrogen (secondary N) is 2. The first-order valence-corrected chi connectivity index (χ1v) is 11.9. The Labute approximate surface area is 210 Å². The zero-order valence-electron chi connectivity index (χ0n) is 21.4. The molecule has 3 heterocycles. The molecule has 1 atom stereocenters. The van der Waals surface area contributed by atoms with Crippen molar-refractivity contribution in [2.24, 2.45) is 7.05 Å². The van der Waals surface area contributed by atoms with Crippen LogP contribution in [0.5, 0.6) is 17.2 Å². The molecule has 11 heteroatoms. The van der Waals surface area contributed by atoms with Gasteiger partial charge < -0.3 is 29.7 Å². The lowest BCUT2D eigenvalue weighted by Crippen LogP contribution is -2.41. The average Bonchev–Trinajstić information content (AvgIpc) is 3.53. The van der Waals surface area contributed by atoms with Crippen molar-refractivity contribution in [2.75, 3.05) is 46.3 Å². The van der Waals surface area contributed by atoms with E-state index in [4.69, 9.17) is 14.2 Å². The van der Waals surface area contributed by atoms with Crippen molar-refractivity contribution < 1.29 is 19.0 Å². The van der Waals surface area contributed by atoms with E-state index in [1.807, 2.05) is 6.92 Å². The predicted octanol–water partition coefficient (Wildman–Crippen LogP) is 2.86. The summed E-state index contributed by atoms with van der Waals surface area (Å²) in [4.78, 5) is 24.2. The van der Waals surface area contributed by atoms with Gasteiger partial charge in [0.05, 0.1) is 27.0 Å². The number of hydrogen-bond donors (Lipinski definition) is 2. The maximum absolute atomic E-state index is 12.9. The van der Waals surface area contributed by atoms with E-state index < -0.39 is 0 Å². The Bertz CT molecular complexity index is 1180. The van der Waals surface area contributed by atoms with Crippen LogP contribution < -0.4 is 24.8 Å². The number of methoxy groups -OCH3 is 3. The van der Waals surface area contributed by atoms with Crippen LogP contribution in [0, 0.1) is 0 Å². The molecule has 36 heavy (non-hydrogen) atoms. The van der Waals surface area contributed by atoms with Crippen LogP contribution in [0.3, 0.4) is 0 Å².